The minimum Gasteiger partial charge on any atom is -0.462 e. The summed E-state index contributed by atoms with van der Waals surface area (Å²) in [5.74, 6) is 0.232. The molecule has 0 bridgehead atoms. The smallest absolute Gasteiger partial charge is 0.340 e. The monoisotopic (exact) mass is 281 g/mol. The van der Waals surface area contributed by atoms with Crippen LogP contribution in [0.3, 0.4) is 0 Å². The Hall–Kier alpha value is -1.82. The number of nitrogens with zero attached hydrogens (tertiary/aromatic N) is 2. The van der Waals surface area contributed by atoms with E-state index in [1.165, 1.54) is 6.20 Å². The number of nitrogens with two attached hydrogens (primary N) is 1. The van der Waals surface area contributed by atoms with Crippen LogP contribution in [0.5, 0.6) is 0 Å². The van der Waals surface area contributed by atoms with Crippen molar-refractivity contribution in [1.82, 2.24) is 4.98 Å². The van der Waals surface area contributed by atoms with E-state index in [0.29, 0.717) is 36.8 Å². The van der Waals surface area contributed by atoms with Crippen LogP contribution in [0, 0.1) is 0 Å². The molecule has 6 nitrogen and oxygen atoms in total. The highest BCUT2D eigenvalue weighted by Crippen LogP contribution is 2.18. The van der Waals surface area contributed by atoms with Crippen LogP contribution in [0.2, 0.25) is 0 Å². The molecule has 0 saturated carbocycles. The lowest BCUT2D eigenvalue weighted by Crippen LogP contribution is -2.25. The summed E-state index contributed by atoms with van der Waals surface area (Å²) in [5.41, 5.74) is 6.41. The van der Waals surface area contributed by atoms with Gasteiger partial charge in [0.1, 0.15) is 5.82 Å². The Morgan fingerprint density at radius 3 is 2.80 bits per heavy atom. The second-order valence-corrected chi connectivity index (χ2v) is 4.69. The van der Waals surface area contributed by atoms with Gasteiger partial charge in [-0.3, -0.25) is 0 Å². The fourth-order valence-electron chi connectivity index (χ4n) is 1.59. The standard InChI is InChI=1S/C14H23N3O3/c1-5-19-14(18)11-8-13(16-9-12(11)15)17(4)6-7-20-10(2)3/h8-10H,5-7,15H2,1-4H3. The van der Waals surface area contributed by atoms with E-state index in [4.69, 9.17) is 15.2 Å². The van der Waals surface area contributed by atoms with Gasteiger partial charge in [-0.2, -0.15) is 0 Å². The molecule has 0 atom stereocenters. The lowest BCUT2D eigenvalue weighted by molar-refractivity contribution is 0.0527. The molecule has 0 fully saturated rings. The van der Waals surface area contributed by atoms with Crippen molar-refractivity contribution in [2.24, 2.45) is 0 Å². The highest BCUT2D eigenvalue weighted by atomic mass is 16.5. The van der Waals surface area contributed by atoms with Gasteiger partial charge in [0.05, 0.1) is 36.8 Å². The lowest BCUT2D eigenvalue weighted by atomic mass is 10.2. The van der Waals surface area contributed by atoms with Crippen LogP contribution in [0.15, 0.2) is 12.3 Å². The second kappa shape index (κ2) is 7.69. The number of likely N-dealkylation sites (N-methyl/N-ethyl adjacent to an activating group) is 1. The molecule has 20 heavy (non-hydrogen) atoms. The molecule has 1 aromatic rings. The average molecular weight is 281 g/mol. The van der Waals surface area contributed by atoms with Crippen molar-refractivity contribution in [2.75, 3.05) is 37.4 Å². The number of hydrogen-bond donors (Lipinski definition) is 1. The lowest BCUT2D eigenvalue weighted by Gasteiger charge is -2.19. The first-order chi connectivity index (χ1) is 9.45. The first kappa shape index (κ1) is 16.2. The Kier molecular flexibility index (Phi) is 6.24. The third kappa shape index (κ3) is 4.70. The van der Waals surface area contributed by atoms with Gasteiger partial charge in [0.2, 0.25) is 0 Å². The molecule has 0 aliphatic rings. The maximum absolute atomic E-state index is 11.8. The van der Waals surface area contributed by atoms with Crippen LogP contribution >= 0.6 is 0 Å². The molecule has 0 radical (unpaired) electrons. The number of aromatic nitrogens is 1. The number of pyridine rings is 1. The van der Waals surface area contributed by atoms with Crippen molar-refractivity contribution in [3.63, 3.8) is 0 Å². The molecule has 1 aromatic heterocycles. The van der Waals surface area contributed by atoms with Gasteiger partial charge in [0, 0.05) is 13.6 Å². The summed E-state index contributed by atoms with van der Waals surface area (Å²) in [7, 11) is 1.89. The zero-order valence-electron chi connectivity index (χ0n) is 12.5. The number of rotatable bonds is 7. The Morgan fingerprint density at radius 2 is 2.20 bits per heavy atom. The third-order valence-corrected chi connectivity index (χ3v) is 2.68. The van der Waals surface area contributed by atoms with Crippen molar-refractivity contribution in [3.8, 4) is 0 Å². The average Bonchev–Trinajstić information content (AvgIpc) is 2.38. The van der Waals surface area contributed by atoms with Crippen LogP contribution in [0.1, 0.15) is 31.1 Å². The summed E-state index contributed by atoms with van der Waals surface area (Å²) >= 11 is 0. The van der Waals surface area contributed by atoms with Crippen molar-refractivity contribution in [1.29, 1.82) is 0 Å². The maximum atomic E-state index is 11.8. The van der Waals surface area contributed by atoms with Gasteiger partial charge < -0.3 is 20.1 Å². The van der Waals surface area contributed by atoms with Crippen molar-refractivity contribution in [2.45, 2.75) is 26.9 Å². The fourth-order valence-corrected chi connectivity index (χ4v) is 1.59. The molecular formula is C14H23N3O3. The Bertz CT molecular complexity index is 449. The van der Waals surface area contributed by atoms with Gasteiger partial charge in [0.25, 0.3) is 0 Å². The predicted octanol–water partition coefficient (Wildman–Crippen LogP) is 1.70. The highest BCUT2D eigenvalue weighted by Gasteiger charge is 2.14. The van der Waals surface area contributed by atoms with E-state index in [1.54, 1.807) is 13.0 Å². The highest BCUT2D eigenvalue weighted by molar-refractivity contribution is 5.95. The second-order valence-electron chi connectivity index (χ2n) is 4.69. The number of nitrogen functional groups attached to an aromatic ring is 1. The summed E-state index contributed by atoms with van der Waals surface area (Å²) in [6.45, 7) is 7.31. The number of carbonyl (C=O) groups is 1. The Morgan fingerprint density at radius 1 is 1.50 bits per heavy atom. The van der Waals surface area contributed by atoms with Crippen molar-refractivity contribution < 1.29 is 14.3 Å². The molecule has 112 valence electrons. The van der Waals surface area contributed by atoms with Gasteiger partial charge in [-0.1, -0.05) is 0 Å². The zero-order valence-corrected chi connectivity index (χ0v) is 12.5. The van der Waals surface area contributed by atoms with Crippen LogP contribution in [-0.2, 0) is 9.47 Å². The van der Waals surface area contributed by atoms with Gasteiger partial charge >= 0.3 is 5.97 Å². The first-order valence-corrected chi connectivity index (χ1v) is 6.71. The third-order valence-electron chi connectivity index (χ3n) is 2.68. The van der Waals surface area contributed by atoms with Gasteiger partial charge in [-0.25, -0.2) is 9.78 Å². The molecule has 0 saturated heterocycles. The Labute approximate surface area is 119 Å². The van der Waals surface area contributed by atoms with Crippen molar-refractivity contribution in [3.05, 3.63) is 17.8 Å². The molecule has 0 amide bonds. The normalized spacial score (nSPS) is 10.7. The molecular weight excluding hydrogens is 258 g/mol. The van der Waals surface area contributed by atoms with Crippen LogP contribution in [0.25, 0.3) is 0 Å². The molecule has 0 aliphatic heterocycles. The zero-order chi connectivity index (χ0) is 15.1. The molecule has 0 unspecified atom stereocenters. The van der Waals surface area contributed by atoms with E-state index in [-0.39, 0.29) is 6.10 Å². The topological polar surface area (TPSA) is 77.7 Å². The SMILES string of the molecule is CCOC(=O)c1cc(N(C)CCOC(C)C)ncc1N. The van der Waals surface area contributed by atoms with E-state index >= 15 is 0 Å². The van der Waals surface area contributed by atoms with Crippen molar-refractivity contribution >= 4 is 17.5 Å². The number of ether oxygens (including phenoxy) is 2. The quantitative estimate of drug-likeness (QED) is 0.766. The summed E-state index contributed by atoms with van der Waals surface area (Å²) in [5, 5.41) is 0. The molecule has 1 heterocycles. The van der Waals surface area contributed by atoms with Crippen LogP contribution in [-0.4, -0.2) is 43.9 Å². The fraction of sp³-hybridized carbons (Fsp3) is 0.571. The van der Waals surface area contributed by atoms with Crippen LogP contribution < -0.4 is 10.6 Å². The van der Waals surface area contributed by atoms with E-state index in [9.17, 15) is 4.79 Å². The van der Waals surface area contributed by atoms with E-state index in [1.807, 2.05) is 25.8 Å². The number of anilines is 2. The molecule has 0 spiro atoms. The number of carbonyl (C=O) groups excluding carboxylic acids is 1. The van der Waals surface area contributed by atoms with Gasteiger partial charge in [-0.05, 0) is 26.8 Å². The van der Waals surface area contributed by atoms with E-state index in [0.717, 1.165) is 0 Å². The first-order valence-electron chi connectivity index (χ1n) is 6.71. The number of esters is 1. The van der Waals surface area contributed by atoms with Gasteiger partial charge in [-0.15, -0.1) is 0 Å². The minimum atomic E-state index is -0.430. The maximum Gasteiger partial charge on any atom is 0.340 e. The summed E-state index contributed by atoms with van der Waals surface area (Å²) in [6, 6.07) is 1.64. The molecule has 2 N–H and O–H groups in total. The predicted molar refractivity (Wildman–Crippen MR) is 79.0 cm³/mol. The summed E-state index contributed by atoms with van der Waals surface area (Å²) < 4.78 is 10.5. The minimum absolute atomic E-state index is 0.192. The summed E-state index contributed by atoms with van der Waals surface area (Å²) in [6.07, 6.45) is 1.67. The molecule has 0 aliphatic carbocycles. The van der Waals surface area contributed by atoms with E-state index in [2.05, 4.69) is 4.98 Å². The largest absolute Gasteiger partial charge is 0.462 e. The molecule has 6 heteroatoms. The van der Waals surface area contributed by atoms with Gasteiger partial charge in [0.15, 0.2) is 0 Å². The number of hydrogen-bond acceptors (Lipinski definition) is 6. The molecule has 1 rings (SSSR count). The van der Waals surface area contributed by atoms with Crippen LogP contribution in [0.4, 0.5) is 11.5 Å². The molecule has 0 aromatic carbocycles. The summed E-state index contributed by atoms with van der Waals surface area (Å²) in [4.78, 5) is 17.9. The Balaban J connectivity index is 2.75. The van der Waals surface area contributed by atoms with E-state index < -0.39 is 5.97 Å².